The van der Waals surface area contributed by atoms with Crippen LogP contribution < -0.4 is 0 Å². The summed E-state index contributed by atoms with van der Waals surface area (Å²) in [5, 5.41) is 9.32. The highest BCUT2D eigenvalue weighted by Gasteiger charge is 2.04. The van der Waals surface area contributed by atoms with Crippen molar-refractivity contribution in [1.29, 1.82) is 0 Å². The van der Waals surface area contributed by atoms with Gasteiger partial charge in [-0.2, -0.15) is 0 Å². The first-order valence-electron chi connectivity index (χ1n) is 6.21. The fraction of sp³-hybridized carbons (Fsp3) is 0.250. The van der Waals surface area contributed by atoms with Crippen molar-refractivity contribution in [3.8, 4) is 0 Å². The number of aliphatic hydroxyl groups excluding tert-OH is 1. The second-order valence-electron chi connectivity index (χ2n) is 3.90. The molecule has 0 bridgehead atoms. The molecule has 1 aromatic carbocycles. The van der Waals surface area contributed by atoms with Crippen LogP contribution in [0.3, 0.4) is 0 Å². The number of benzene rings is 1. The van der Waals surface area contributed by atoms with Gasteiger partial charge in [0.15, 0.2) is 5.76 Å². The summed E-state index contributed by atoms with van der Waals surface area (Å²) in [5.41, 5.74) is 1.67. The summed E-state index contributed by atoms with van der Waals surface area (Å²) in [7, 11) is 3.08. The van der Waals surface area contributed by atoms with E-state index in [4.69, 9.17) is 14.2 Å². The number of allylic oxidation sites excluding steroid dienone is 2. The maximum Gasteiger partial charge on any atom is 0.158 e. The first-order chi connectivity index (χ1) is 9.81. The Labute approximate surface area is 119 Å². The van der Waals surface area contributed by atoms with Crippen LogP contribution in [0.25, 0.3) is 0 Å². The summed E-state index contributed by atoms with van der Waals surface area (Å²) in [6.07, 6.45) is 6.38. The topological polar surface area (TPSA) is 47.9 Å². The lowest BCUT2D eigenvalue weighted by Crippen LogP contribution is -1.99. The average Bonchev–Trinajstić information content (AvgIpc) is 2.50. The van der Waals surface area contributed by atoms with Crippen LogP contribution in [-0.2, 0) is 20.8 Å². The third kappa shape index (κ3) is 5.63. The van der Waals surface area contributed by atoms with Crippen LogP contribution in [0.5, 0.6) is 0 Å². The lowest BCUT2D eigenvalue weighted by Gasteiger charge is -2.09. The molecule has 0 fully saturated rings. The predicted octanol–water partition coefficient (Wildman–Crippen LogP) is 2.77. The van der Waals surface area contributed by atoms with E-state index in [1.165, 1.54) is 19.6 Å². The molecule has 0 unspecified atom stereocenters. The lowest BCUT2D eigenvalue weighted by molar-refractivity contribution is 0.199. The van der Waals surface area contributed by atoms with E-state index in [2.05, 4.69) is 0 Å². The molecule has 0 saturated carbocycles. The third-order valence-corrected chi connectivity index (χ3v) is 2.50. The van der Waals surface area contributed by atoms with E-state index in [9.17, 15) is 5.11 Å². The molecule has 20 heavy (non-hydrogen) atoms. The smallest absolute Gasteiger partial charge is 0.158 e. The summed E-state index contributed by atoms with van der Waals surface area (Å²) in [6, 6.07) is 9.81. The molecule has 0 aliphatic carbocycles. The molecular weight excluding hydrogens is 256 g/mol. The van der Waals surface area contributed by atoms with Crippen LogP contribution in [0.15, 0.2) is 66.3 Å². The molecule has 1 aromatic rings. The Morgan fingerprint density at radius 1 is 1.20 bits per heavy atom. The summed E-state index contributed by atoms with van der Waals surface area (Å²) < 4.78 is 15.5. The lowest BCUT2D eigenvalue weighted by atomic mass is 10.2. The van der Waals surface area contributed by atoms with Crippen LogP contribution in [-0.4, -0.2) is 25.9 Å². The van der Waals surface area contributed by atoms with E-state index in [1.54, 1.807) is 19.3 Å². The van der Waals surface area contributed by atoms with Crippen molar-refractivity contribution in [2.24, 2.45) is 0 Å². The molecule has 108 valence electrons. The molecule has 0 aliphatic heterocycles. The molecule has 0 aliphatic rings. The van der Waals surface area contributed by atoms with Crippen LogP contribution in [0, 0.1) is 0 Å². The van der Waals surface area contributed by atoms with E-state index >= 15 is 0 Å². The second-order valence-corrected chi connectivity index (χ2v) is 3.90. The van der Waals surface area contributed by atoms with Crippen molar-refractivity contribution in [1.82, 2.24) is 0 Å². The minimum Gasteiger partial charge on any atom is -0.504 e. The molecule has 4 heteroatoms. The molecule has 0 aromatic heterocycles. The van der Waals surface area contributed by atoms with Crippen LogP contribution >= 0.6 is 0 Å². The van der Waals surface area contributed by atoms with Gasteiger partial charge in [-0.3, -0.25) is 0 Å². The van der Waals surface area contributed by atoms with Gasteiger partial charge in [-0.15, -0.1) is 0 Å². The zero-order valence-corrected chi connectivity index (χ0v) is 11.8. The van der Waals surface area contributed by atoms with Crippen molar-refractivity contribution in [3.05, 3.63) is 71.9 Å². The van der Waals surface area contributed by atoms with Gasteiger partial charge in [-0.05, 0) is 17.7 Å². The molecule has 0 radical (unpaired) electrons. The fourth-order valence-electron chi connectivity index (χ4n) is 1.49. The van der Waals surface area contributed by atoms with Crippen LogP contribution in [0.1, 0.15) is 5.56 Å². The second kappa shape index (κ2) is 9.69. The van der Waals surface area contributed by atoms with E-state index in [0.29, 0.717) is 17.9 Å². The zero-order valence-electron chi connectivity index (χ0n) is 11.8. The minimum absolute atomic E-state index is 0.150. The Balaban J connectivity index is 2.65. The van der Waals surface area contributed by atoms with Crippen molar-refractivity contribution < 1.29 is 19.3 Å². The van der Waals surface area contributed by atoms with E-state index in [0.717, 1.165) is 5.56 Å². The molecule has 0 atom stereocenters. The molecule has 1 rings (SSSR count). The largest absolute Gasteiger partial charge is 0.504 e. The highest BCUT2D eigenvalue weighted by Crippen LogP contribution is 2.12. The molecule has 1 N–H and O–H groups in total. The molecule has 0 spiro atoms. The number of rotatable bonds is 8. The molecule has 0 amide bonds. The van der Waals surface area contributed by atoms with Crippen molar-refractivity contribution in [3.63, 3.8) is 0 Å². The van der Waals surface area contributed by atoms with Crippen molar-refractivity contribution in [2.45, 2.75) is 6.61 Å². The summed E-state index contributed by atoms with van der Waals surface area (Å²) in [5.74, 6) is 0.476. The van der Waals surface area contributed by atoms with Gasteiger partial charge < -0.3 is 19.3 Å². The summed E-state index contributed by atoms with van der Waals surface area (Å²) in [4.78, 5) is 0. The van der Waals surface area contributed by atoms with Gasteiger partial charge in [-0.25, -0.2) is 0 Å². The summed E-state index contributed by atoms with van der Waals surface area (Å²) >= 11 is 0. The number of hydrogen-bond acceptors (Lipinski definition) is 4. The fourth-order valence-corrected chi connectivity index (χ4v) is 1.49. The Hall–Kier alpha value is -2.20. The van der Waals surface area contributed by atoms with Gasteiger partial charge in [0, 0.05) is 5.57 Å². The highest BCUT2D eigenvalue weighted by molar-refractivity contribution is 5.28. The number of hydrogen-bond donors (Lipinski definition) is 1. The number of aliphatic hydroxyl groups is 1. The first-order valence-corrected chi connectivity index (χ1v) is 6.21. The Morgan fingerprint density at radius 3 is 2.55 bits per heavy atom. The first kappa shape index (κ1) is 15.9. The minimum atomic E-state index is -0.150. The standard InChI is InChI=1S/C16H20O4/c1-18-10-6-9-15(11-17)16(19-2)13-20-12-14-7-4-3-5-8-14/h3-10,13,17H,11-12H2,1-2H3. The third-order valence-electron chi connectivity index (χ3n) is 2.50. The van der Waals surface area contributed by atoms with E-state index < -0.39 is 0 Å². The van der Waals surface area contributed by atoms with Gasteiger partial charge in [0.2, 0.25) is 0 Å². The predicted molar refractivity (Wildman–Crippen MR) is 77.6 cm³/mol. The normalized spacial score (nSPS) is 12.6. The Kier molecular flexibility index (Phi) is 7.69. The number of methoxy groups -OCH3 is 2. The molecule has 0 saturated heterocycles. The SMILES string of the molecule is COC=CC=C(CO)C(=COCc1ccccc1)OC. The Bertz CT molecular complexity index is 461. The van der Waals surface area contributed by atoms with E-state index in [-0.39, 0.29) is 6.61 Å². The molecule has 4 nitrogen and oxygen atoms in total. The van der Waals surface area contributed by atoms with Gasteiger partial charge >= 0.3 is 0 Å². The van der Waals surface area contributed by atoms with E-state index in [1.807, 2.05) is 30.3 Å². The highest BCUT2D eigenvalue weighted by atomic mass is 16.5. The van der Waals surface area contributed by atoms with Gasteiger partial charge in [0.05, 0.1) is 27.1 Å². The summed E-state index contributed by atoms with van der Waals surface area (Å²) in [6.45, 7) is 0.294. The maximum atomic E-state index is 9.32. The monoisotopic (exact) mass is 276 g/mol. The van der Waals surface area contributed by atoms with Crippen LogP contribution in [0.2, 0.25) is 0 Å². The van der Waals surface area contributed by atoms with Gasteiger partial charge in [0.25, 0.3) is 0 Å². The quantitative estimate of drug-likeness (QED) is 0.586. The zero-order chi connectivity index (χ0) is 14.6. The number of ether oxygens (including phenoxy) is 3. The molecular formula is C16H20O4. The van der Waals surface area contributed by atoms with Gasteiger partial charge in [0.1, 0.15) is 12.9 Å². The Morgan fingerprint density at radius 2 is 1.95 bits per heavy atom. The van der Waals surface area contributed by atoms with Gasteiger partial charge in [-0.1, -0.05) is 30.3 Å². The maximum absolute atomic E-state index is 9.32. The van der Waals surface area contributed by atoms with Crippen molar-refractivity contribution in [2.75, 3.05) is 20.8 Å². The molecule has 0 heterocycles. The van der Waals surface area contributed by atoms with Crippen LogP contribution in [0.4, 0.5) is 0 Å². The average molecular weight is 276 g/mol. The van der Waals surface area contributed by atoms with Crippen molar-refractivity contribution >= 4 is 0 Å².